The van der Waals surface area contributed by atoms with Crippen molar-refractivity contribution in [2.24, 2.45) is 4.99 Å². The number of hydrogen-bond donors (Lipinski definition) is 0. The molecular formula is C20H20N2O3S. The first-order valence-corrected chi connectivity index (χ1v) is 9.08. The number of amides is 1. The van der Waals surface area contributed by atoms with Gasteiger partial charge in [0.25, 0.3) is 5.91 Å². The molecule has 1 amide bonds. The van der Waals surface area contributed by atoms with Crippen LogP contribution in [0, 0.1) is 13.8 Å². The first-order chi connectivity index (χ1) is 12.5. The van der Waals surface area contributed by atoms with Gasteiger partial charge >= 0.3 is 5.97 Å². The van der Waals surface area contributed by atoms with Crippen molar-refractivity contribution in [2.75, 3.05) is 7.11 Å². The lowest BCUT2D eigenvalue weighted by atomic mass is 10.1. The fraction of sp³-hybridized carbons (Fsp3) is 0.250. The van der Waals surface area contributed by atoms with Crippen LogP contribution < -0.4 is 4.80 Å². The fourth-order valence-corrected chi connectivity index (χ4v) is 4.16. The van der Waals surface area contributed by atoms with Crippen molar-refractivity contribution in [3.63, 3.8) is 0 Å². The summed E-state index contributed by atoms with van der Waals surface area (Å²) in [6.07, 6.45) is 0.227. The molecule has 0 spiro atoms. The zero-order valence-electron chi connectivity index (χ0n) is 15.0. The Morgan fingerprint density at radius 1 is 1.15 bits per heavy atom. The Hall–Kier alpha value is -2.73. The average Bonchev–Trinajstić information content (AvgIpc) is 2.92. The second-order valence-electron chi connectivity index (χ2n) is 6.14. The molecule has 2 aromatic carbocycles. The van der Waals surface area contributed by atoms with Gasteiger partial charge in [-0.2, -0.15) is 4.99 Å². The van der Waals surface area contributed by atoms with Gasteiger partial charge in [0.1, 0.15) is 6.54 Å². The number of carbonyl (C=O) groups is 2. The molecule has 0 fully saturated rings. The van der Waals surface area contributed by atoms with Gasteiger partial charge in [0.15, 0.2) is 4.80 Å². The second-order valence-corrected chi connectivity index (χ2v) is 7.15. The van der Waals surface area contributed by atoms with Gasteiger partial charge in [-0.1, -0.05) is 47.7 Å². The van der Waals surface area contributed by atoms with E-state index < -0.39 is 0 Å². The quantitative estimate of drug-likeness (QED) is 0.665. The maximum atomic E-state index is 12.4. The molecule has 0 unspecified atom stereocenters. The van der Waals surface area contributed by atoms with Crippen LogP contribution in [-0.2, 0) is 27.3 Å². The van der Waals surface area contributed by atoms with E-state index in [0.29, 0.717) is 4.80 Å². The molecule has 26 heavy (non-hydrogen) atoms. The van der Waals surface area contributed by atoms with Gasteiger partial charge in [-0.15, -0.1) is 0 Å². The van der Waals surface area contributed by atoms with Crippen molar-refractivity contribution in [3.05, 3.63) is 64.0 Å². The number of hydrogen-bond acceptors (Lipinski definition) is 4. The molecule has 0 atom stereocenters. The minimum atomic E-state index is -0.373. The van der Waals surface area contributed by atoms with Gasteiger partial charge in [0, 0.05) is 0 Å². The molecule has 1 aromatic heterocycles. The van der Waals surface area contributed by atoms with Gasteiger partial charge in [-0.25, -0.2) is 0 Å². The molecule has 0 aliphatic heterocycles. The Bertz CT molecular complexity index is 1030. The number of aromatic nitrogens is 1. The molecule has 0 aliphatic carbocycles. The largest absolute Gasteiger partial charge is 0.468 e. The maximum Gasteiger partial charge on any atom is 0.325 e. The molecule has 3 aromatic rings. The van der Waals surface area contributed by atoms with Gasteiger partial charge in [0.2, 0.25) is 0 Å². The van der Waals surface area contributed by atoms with E-state index in [4.69, 9.17) is 4.74 Å². The number of ether oxygens (including phenoxy) is 1. The Kier molecular flexibility index (Phi) is 5.32. The van der Waals surface area contributed by atoms with Crippen LogP contribution in [0.3, 0.4) is 0 Å². The van der Waals surface area contributed by atoms with E-state index in [2.05, 4.69) is 11.1 Å². The molecule has 0 aliphatic rings. The Morgan fingerprint density at radius 2 is 1.88 bits per heavy atom. The normalized spacial score (nSPS) is 11.7. The van der Waals surface area contributed by atoms with Crippen LogP contribution >= 0.6 is 11.3 Å². The maximum absolute atomic E-state index is 12.4. The summed E-state index contributed by atoms with van der Waals surface area (Å²) in [5.41, 5.74) is 3.99. The Labute approximate surface area is 155 Å². The summed E-state index contributed by atoms with van der Waals surface area (Å²) >= 11 is 1.41. The first-order valence-electron chi connectivity index (χ1n) is 8.27. The Morgan fingerprint density at radius 3 is 2.58 bits per heavy atom. The summed E-state index contributed by atoms with van der Waals surface area (Å²) in [7, 11) is 1.35. The van der Waals surface area contributed by atoms with Crippen molar-refractivity contribution < 1.29 is 14.3 Å². The molecule has 0 radical (unpaired) electrons. The molecule has 3 rings (SSSR count). The highest BCUT2D eigenvalue weighted by Gasteiger charge is 2.14. The number of aryl methyl sites for hydroxylation is 2. The van der Waals surface area contributed by atoms with E-state index in [0.717, 1.165) is 26.9 Å². The van der Waals surface area contributed by atoms with E-state index in [9.17, 15) is 9.59 Å². The third-order valence-electron chi connectivity index (χ3n) is 4.05. The lowest BCUT2D eigenvalue weighted by Gasteiger charge is -2.06. The van der Waals surface area contributed by atoms with E-state index in [-0.39, 0.29) is 24.8 Å². The number of fused-ring (bicyclic) bond motifs is 1. The third-order valence-corrected chi connectivity index (χ3v) is 5.07. The van der Waals surface area contributed by atoms with Gasteiger partial charge < -0.3 is 9.30 Å². The van der Waals surface area contributed by atoms with Crippen LogP contribution in [-0.4, -0.2) is 23.6 Å². The molecule has 0 saturated heterocycles. The zero-order chi connectivity index (χ0) is 18.7. The van der Waals surface area contributed by atoms with Crippen LogP contribution in [0.2, 0.25) is 0 Å². The highest BCUT2D eigenvalue weighted by Crippen LogP contribution is 2.23. The number of esters is 1. The van der Waals surface area contributed by atoms with E-state index >= 15 is 0 Å². The van der Waals surface area contributed by atoms with E-state index in [1.165, 1.54) is 18.4 Å². The van der Waals surface area contributed by atoms with Crippen molar-refractivity contribution in [1.82, 2.24) is 4.57 Å². The predicted molar refractivity (Wildman–Crippen MR) is 102 cm³/mol. The molecule has 0 saturated carbocycles. The topological polar surface area (TPSA) is 60.7 Å². The third kappa shape index (κ3) is 3.91. The van der Waals surface area contributed by atoms with Crippen LogP contribution in [0.1, 0.15) is 16.7 Å². The molecule has 6 heteroatoms. The molecular weight excluding hydrogens is 348 g/mol. The molecule has 1 heterocycles. The average molecular weight is 368 g/mol. The molecule has 5 nitrogen and oxygen atoms in total. The highest BCUT2D eigenvalue weighted by molar-refractivity contribution is 7.16. The van der Waals surface area contributed by atoms with Gasteiger partial charge in [0.05, 0.1) is 23.7 Å². The lowest BCUT2D eigenvalue weighted by Crippen LogP contribution is -2.23. The number of methoxy groups -OCH3 is 1. The van der Waals surface area contributed by atoms with Crippen LogP contribution in [0.15, 0.2) is 47.5 Å². The summed E-state index contributed by atoms with van der Waals surface area (Å²) < 4.78 is 7.58. The summed E-state index contributed by atoms with van der Waals surface area (Å²) in [6, 6.07) is 13.6. The summed E-state index contributed by atoms with van der Waals surface area (Å²) in [5.74, 6) is -0.614. The lowest BCUT2D eigenvalue weighted by molar-refractivity contribution is -0.141. The number of benzene rings is 2. The van der Waals surface area contributed by atoms with Crippen molar-refractivity contribution in [3.8, 4) is 0 Å². The second kappa shape index (κ2) is 7.66. The molecule has 0 bridgehead atoms. The number of carbonyl (C=O) groups excluding carboxylic acids is 2. The summed E-state index contributed by atoms with van der Waals surface area (Å²) in [5, 5.41) is 0. The zero-order valence-corrected chi connectivity index (χ0v) is 15.8. The smallest absolute Gasteiger partial charge is 0.325 e. The van der Waals surface area contributed by atoms with Crippen LogP contribution in [0.4, 0.5) is 0 Å². The minimum Gasteiger partial charge on any atom is -0.468 e. The number of thiazole rings is 1. The highest BCUT2D eigenvalue weighted by atomic mass is 32.1. The Balaban J connectivity index is 2.08. The number of rotatable bonds is 4. The van der Waals surface area contributed by atoms with E-state index in [1.54, 1.807) is 4.57 Å². The van der Waals surface area contributed by atoms with Crippen LogP contribution in [0.5, 0.6) is 0 Å². The first kappa shape index (κ1) is 18.1. The van der Waals surface area contributed by atoms with E-state index in [1.807, 2.05) is 50.2 Å². The SMILES string of the molecule is COC(=O)Cn1c(=NC(=O)Cc2ccccc2)sc2cc(C)cc(C)c21. The predicted octanol–water partition coefficient (Wildman–Crippen LogP) is 3.16. The summed E-state index contributed by atoms with van der Waals surface area (Å²) in [6.45, 7) is 4.04. The standard InChI is InChI=1S/C20H20N2O3S/c1-13-9-14(2)19-16(10-13)26-20(22(19)12-18(24)25-3)21-17(23)11-15-7-5-4-6-8-15/h4-10H,11-12H2,1-3H3. The minimum absolute atomic E-state index is 0.0256. The van der Waals surface area contributed by atoms with Crippen molar-refractivity contribution >= 4 is 33.4 Å². The molecule has 0 N–H and O–H groups in total. The van der Waals surface area contributed by atoms with Crippen molar-refractivity contribution in [1.29, 1.82) is 0 Å². The van der Waals surface area contributed by atoms with Gasteiger partial charge in [-0.05, 0) is 36.6 Å². The molecule has 134 valence electrons. The fourth-order valence-electron chi connectivity index (χ4n) is 2.93. The number of nitrogens with zero attached hydrogens (tertiary/aromatic N) is 2. The summed E-state index contributed by atoms with van der Waals surface area (Å²) in [4.78, 5) is 29.1. The van der Waals surface area contributed by atoms with Crippen LogP contribution in [0.25, 0.3) is 10.2 Å². The van der Waals surface area contributed by atoms with Gasteiger partial charge in [-0.3, -0.25) is 9.59 Å². The van der Waals surface area contributed by atoms with Crippen molar-refractivity contribution in [2.45, 2.75) is 26.8 Å². The monoisotopic (exact) mass is 368 g/mol.